The van der Waals surface area contributed by atoms with Crippen LogP contribution in [0, 0.1) is 12.7 Å². The Hall–Kier alpha value is -3.33. The van der Waals surface area contributed by atoms with Crippen LogP contribution in [0.4, 0.5) is 10.1 Å². The molecule has 0 saturated carbocycles. The third kappa shape index (κ3) is 5.51. The Morgan fingerprint density at radius 3 is 2.31 bits per heavy atom. The fourth-order valence-electron chi connectivity index (χ4n) is 4.61. The van der Waals surface area contributed by atoms with Crippen molar-refractivity contribution in [3.05, 3.63) is 53.4 Å². The molecule has 8 nitrogen and oxygen atoms in total. The number of allylic oxidation sites excluding steroid dienone is 3. The third-order valence-corrected chi connectivity index (χ3v) is 5.84. The Kier molecular flexibility index (Phi) is 8.56. The van der Waals surface area contributed by atoms with Gasteiger partial charge in [-0.2, -0.15) is 0 Å². The van der Waals surface area contributed by atoms with E-state index in [0.717, 1.165) is 41.5 Å². The smallest absolute Gasteiger partial charge is 0.173 e. The molecule has 3 heterocycles. The van der Waals surface area contributed by atoms with Gasteiger partial charge in [0.1, 0.15) is 11.5 Å². The second-order valence-electron chi connectivity index (χ2n) is 8.54. The van der Waals surface area contributed by atoms with Crippen molar-refractivity contribution in [3.8, 4) is 0 Å². The lowest BCUT2D eigenvalue weighted by atomic mass is 9.94. The van der Waals surface area contributed by atoms with Crippen molar-refractivity contribution in [2.24, 2.45) is 15.0 Å². The van der Waals surface area contributed by atoms with Crippen LogP contribution in [0.3, 0.4) is 0 Å². The maximum absolute atomic E-state index is 14.6. The van der Waals surface area contributed by atoms with Gasteiger partial charge >= 0.3 is 0 Å². The molecule has 2 aromatic rings. The summed E-state index contributed by atoms with van der Waals surface area (Å²) in [6.07, 6.45) is 7.68. The van der Waals surface area contributed by atoms with Gasteiger partial charge in [0.25, 0.3) is 0 Å². The first-order chi connectivity index (χ1) is 16.8. The van der Waals surface area contributed by atoms with E-state index in [1.807, 2.05) is 26.8 Å². The molecule has 0 amide bonds. The van der Waals surface area contributed by atoms with Crippen molar-refractivity contribution >= 4 is 28.6 Å². The normalized spacial score (nSPS) is 23.2. The monoisotopic (exact) mass is 480 g/mol. The maximum atomic E-state index is 14.6. The summed E-state index contributed by atoms with van der Waals surface area (Å²) in [5, 5.41) is 6.83. The Bertz CT molecular complexity index is 1210. The molecule has 2 unspecified atom stereocenters. The number of amidine groups is 1. The molecule has 0 bridgehead atoms. The van der Waals surface area contributed by atoms with Gasteiger partial charge in [0.05, 0.1) is 22.8 Å². The van der Waals surface area contributed by atoms with E-state index in [9.17, 15) is 4.39 Å². The maximum Gasteiger partial charge on any atom is 0.173 e. The highest BCUT2D eigenvalue weighted by atomic mass is 19.1. The summed E-state index contributed by atoms with van der Waals surface area (Å²) in [7, 11) is 5.25. The zero-order valence-corrected chi connectivity index (χ0v) is 22.0. The summed E-state index contributed by atoms with van der Waals surface area (Å²) < 4.78 is 16.3. The van der Waals surface area contributed by atoms with E-state index in [1.165, 1.54) is 6.07 Å². The molecule has 35 heavy (non-hydrogen) atoms. The van der Waals surface area contributed by atoms with Crippen molar-refractivity contribution in [2.45, 2.75) is 46.7 Å². The summed E-state index contributed by atoms with van der Waals surface area (Å²) in [6, 6.07) is 2.19. The van der Waals surface area contributed by atoms with Crippen LogP contribution in [0.15, 0.2) is 56.9 Å². The number of rotatable bonds is 3. The predicted molar refractivity (Wildman–Crippen MR) is 145 cm³/mol. The van der Waals surface area contributed by atoms with Gasteiger partial charge in [-0.05, 0) is 32.9 Å². The molecule has 2 N–H and O–H groups in total. The molecule has 9 heteroatoms. The summed E-state index contributed by atoms with van der Waals surface area (Å²) in [5.74, 6) is 0.190. The predicted octanol–water partition coefficient (Wildman–Crippen LogP) is 3.90. The standard InChI is InChI=1S/C24H31FN8.C2H6/c1-14-10-32(11-15(2)29-14)20-8-7-18(21(26-4)22(20)27-5)23(28-6)31-17-9-19(25)24-30-16(3)12-33(24)13-17;1-2/h7-9,12-15,29H,10-11H2,1-6H3,(H,28,31);1-2H3. The summed E-state index contributed by atoms with van der Waals surface area (Å²) >= 11 is 0. The highest BCUT2D eigenvalue weighted by Crippen LogP contribution is 2.23. The van der Waals surface area contributed by atoms with Crippen LogP contribution >= 0.6 is 0 Å². The lowest BCUT2D eigenvalue weighted by Gasteiger charge is -2.40. The van der Waals surface area contributed by atoms with Crippen molar-refractivity contribution in [1.29, 1.82) is 0 Å². The number of hydrogen-bond donors (Lipinski definition) is 2. The number of anilines is 1. The summed E-state index contributed by atoms with van der Waals surface area (Å²) in [4.78, 5) is 20.2. The molecule has 1 fully saturated rings. The first-order valence-corrected chi connectivity index (χ1v) is 12.1. The Morgan fingerprint density at radius 2 is 1.71 bits per heavy atom. The minimum atomic E-state index is -0.398. The Balaban J connectivity index is 0.00000167. The minimum Gasteiger partial charge on any atom is -0.367 e. The molecule has 188 valence electrons. The molecule has 2 atom stereocenters. The fourth-order valence-corrected chi connectivity index (χ4v) is 4.61. The van der Waals surface area contributed by atoms with Gasteiger partial charge in [-0.15, -0.1) is 0 Å². The van der Waals surface area contributed by atoms with Crippen LogP contribution in [0.1, 0.15) is 33.4 Å². The topological polar surface area (TPSA) is 81.7 Å². The van der Waals surface area contributed by atoms with E-state index in [-0.39, 0.29) is 0 Å². The zero-order valence-electron chi connectivity index (χ0n) is 22.0. The van der Waals surface area contributed by atoms with E-state index in [4.69, 9.17) is 0 Å². The Labute approximate surface area is 207 Å². The second kappa shape index (κ2) is 11.4. The van der Waals surface area contributed by atoms with Gasteiger partial charge in [0, 0.05) is 70.3 Å². The van der Waals surface area contributed by atoms with E-state index < -0.39 is 5.82 Å². The molecule has 0 spiro atoms. The molecule has 0 aromatic carbocycles. The molecule has 1 aliphatic heterocycles. The number of pyridine rings is 1. The molecule has 2 aliphatic rings. The van der Waals surface area contributed by atoms with Crippen LogP contribution in [0.25, 0.3) is 5.65 Å². The number of piperazine rings is 1. The number of nitrogens with one attached hydrogen (secondary N) is 2. The number of aliphatic imine (C=N–C) groups is 3. The zero-order chi connectivity index (χ0) is 25.7. The Morgan fingerprint density at radius 1 is 1.06 bits per heavy atom. The quantitative estimate of drug-likeness (QED) is 0.397. The van der Waals surface area contributed by atoms with Crippen LogP contribution in [-0.4, -0.2) is 77.9 Å². The third-order valence-electron chi connectivity index (χ3n) is 5.84. The highest BCUT2D eigenvalue weighted by molar-refractivity contribution is 6.59. The summed E-state index contributed by atoms with van der Waals surface area (Å²) in [6.45, 7) is 12.0. The number of nitrogens with zero attached hydrogens (tertiary/aromatic N) is 6. The average molecular weight is 481 g/mol. The van der Waals surface area contributed by atoms with Crippen molar-refractivity contribution in [3.63, 3.8) is 0 Å². The van der Waals surface area contributed by atoms with Gasteiger partial charge in [-0.1, -0.05) is 13.8 Å². The van der Waals surface area contributed by atoms with Crippen LogP contribution in [0.2, 0.25) is 0 Å². The second-order valence-corrected chi connectivity index (χ2v) is 8.54. The van der Waals surface area contributed by atoms with Crippen molar-refractivity contribution in [2.75, 3.05) is 39.5 Å². The molecular weight excluding hydrogens is 443 g/mol. The minimum absolute atomic E-state index is 0.299. The molecule has 1 aliphatic carbocycles. The van der Waals surface area contributed by atoms with Crippen molar-refractivity contribution < 1.29 is 4.39 Å². The SMILES string of the molecule is CC.CN=C(Nc1cc(F)c2nc(C)cn2c1)C1=CC=C(N2CC(C)NC(C)C2)C(=NC)C1=NC. The number of hydrogen-bond acceptors (Lipinski definition) is 6. The molecular formula is C26H37FN8. The molecule has 4 rings (SSSR count). The van der Waals surface area contributed by atoms with Gasteiger partial charge in [0.15, 0.2) is 11.5 Å². The molecule has 0 radical (unpaired) electrons. The average Bonchev–Trinajstić information content (AvgIpc) is 3.23. The van der Waals surface area contributed by atoms with E-state index >= 15 is 0 Å². The highest BCUT2D eigenvalue weighted by Gasteiger charge is 2.30. The first kappa shape index (κ1) is 26.3. The first-order valence-electron chi connectivity index (χ1n) is 12.1. The number of imidazole rings is 1. The van der Waals surface area contributed by atoms with Crippen LogP contribution in [-0.2, 0) is 0 Å². The lowest BCUT2D eigenvalue weighted by molar-refractivity contribution is 0.223. The number of aromatic nitrogens is 2. The van der Waals surface area contributed by atoms with Gasteiger partial charge < -0.3 is 19.9 Å². The van der Waals surface area contributed by atoms with Gasteiger partial charge in [-0.3, -0.25) is 15.0 Å². The largest absolute Gasteiger partial charge is 0.367 e. The molecule has 1 saturated heterocycles. The van der Waals surface area contributed by atoms with E-state index in [2.05, 4.69) is 55.4 Å². The molecule has 2 aromatic heterocycles. The number of aryl methyl sites for hydroxylation is 1. The lowest BCUT2D eigenvalue weighted by Crippen LogP contribution is -2.55. The van der Waals surface area contributed by atoms with Crippen LogP contribution < -0.4 is 10.6 Å². The fraction of sp³-hybridized carbons (Fsp3) is 0.462. The van der Waals surface area contributed by atoms with Crippen molar-refractivity contribution in [1.82, 2.24) is 19.6 Å². The number of halogens is 1. The van der Waals surface area contributed by atoms with Gasteiger partial charge in [0.2, 0.25) is 0 Å². The van der Waals surface area contributed by atoms with E-state index in [0.29, 0.717) is 29.3 Å². The summed E-state index contributed by atoms with van der Waals surface area (Å²) in [5.41, 5.74) is 5.07. The van der Waals surface area contributed by atoms with Gasteiger partial charge in [-0.25, -0.2) is 9.37 Å². The van der Waals surface area contributed by atoms with Crippen LogP contribution in [0.5, 0.6) is 0 Å². The van der Waals surface area contributed by atoms with E-state index in [1.54, 1.807) is 37.9 Å². The number of fused-ring (bicyclic) bond motifs is 1.